The van der Waals surface area contributed by atoms with Crippen LogP contribution in [0.15, 0.2) is 24.3 Å². The van der Waals surface area contributed by atoms with Gasteiger partial charge in [-0.05, 0) is 44.7 Å². The molecule has 1 rings (SSSR count). The molecule has 0 saturated carbocycles. The Morgan fingerprint density at radius 2 is 1.84 bits per heavy atom. The van der Waals surface area contributed by atoms with Crippen molar-refractivity contribution in [2.45, 2.75) is 62.0 Å². The largest absolute Gasteiger partial charge is 0.444 e. The summed E-state index contributed by atoms with van der Waals surface area (Å²) in [7, 11) is 0. The monoisotopic (exact) mass is 478 g/mol. The fraction of sp³-hybridized carbons (Fsp3) is 0.588. The molecule has 0 radical (unpaired) electrons. The molecule has 6 nitrogen and oxygen atoms in total. The standard InChI is InChI=1S/C17H24Br2N2O4/c1-5-6-7-12-8-10-13(11-9-12)14(17(18,19)21(23)24)20-15(22)25-16(2,3)4/h8-11,14H,5-7H2,1-4H3,(H,20,22). The van der Waals surface area contributed by atoms with Gasteiger partial charge in [-0.15, -0.1) is 0 Å². The lowest BCUT2D eigenvalue weighted by Crippen LogP contribution is -2.44. The molecule has 0 aromatic heterocycles. The van der Waals surface area contributed by atoms with Crippen molar-refractivity contribution >= 4 is 38.0 Å². The Bertz CT molecular complexity index is 598. The van der Waals surface area contributed by atoms with Gasteiger partial charge in [-0.2, -0.15) is 0 Å². The van der Waals surface area contributed by atoms with Crippen molar-refractivity contribution in [3.05, 3.63) is 45.5 Å². The van der Waals surface area contributed by atoms with Crippen molar-refractivity contribution in [3.8, 4) is 0 Å². The molecule has 0 heterocycles. The fourth-order valence-corrected chi connectivity index (χ4v) is 2.92. The number of aryl methyl sites for hydroxylation is 1. The number of halogens is 2. The highest BCUT2D eigenvalue weighted by molar-refractivity contribution is 9.25. The Kier molecular flexibility index (Phi) is 7.87. The number of amides is 1. The van der Waals surface area contributed by atoms with Gasteiger partial charge in [-0.1, -0.05) is 37.6 Å². The van der Waals surface area contributed by atoms with Crippen LogP contribution in [-0.4, -0.2) is 20.0 Å². The summed E-state index contributed by atoms with van der Waals surface area (Å²) in [5.41, 5.74) is 1.04. The van der Waals surface area contributed by atoms with Crippen LogP contribution in [-0.2, 0) is 11.2 Å². The third kappa shape index (κ3) is 6.93. The smallest absolute Gasteiger partial charge is 0.408 e. The molecule has 0 saturated heterocycles. The summed E-state index contributed by atoms with van der Waals surface area (Å²) in [6, 6.07) is 6.45. The number of rotatable bonds is 7. The van der Waals surface area contributed by atoms with Crippen LogP contribution < -0.4 is 5.32 Å². The van der Waals surface area contributed by atoms with Gasteiger partial charge in [0.15, 0.2) is 0 Å². The molecule has 1 amide bonds. The number of carbonyl (C=O) groups is 1. The SMILES string of the molecule is CCCCc1ccc(C(NC(=O)OC(C)(C)C)C(Br)(Br)[N+](=O)[O-])cc1. The third-order valence-corrected chi connectivity index (χ3v) is 4.88. The molecule has 1 N–H and O–H groups in total. The molecule has 0 aliphatic carbocycles. The third-order valence-electron chi connectivity index (χ3n) is 3.38. The lowest BCUT2D eigenvalue weighted by molar-refractivity contribution is -0.509. The number of benzene rings is 1. The van der Waals surface area contributed by atoms with E-state index in [0.717, 1.165) is 24.8 Å². The van der Waals surface area contributed by atoms with E-state index < -0.39 is 26.0 Å². The molecule has 1 aromatic carbocycles. The molecule has 1 atom stereocenters. The highest BCUT2D eigenvalue weighted by atomic mass is 79.9. The van der Waals surface area contributed by atoms with Gasteiger partial charge in [-0.3, -0.25) is 10.1 Å². The summed E-state index contributed by atoms with van der Waals surface area (Å²) in [5.74, 6) is 0. The van der Waals surface area contributed by atoms with Crippen LogP contribution in [0.1, 0.15) is 57.7 Å². The van der Waals surface area contributed by atoms with E-state index in [1.165, 1.54) is 0 Å². The number of nitrogens with one attached hydrogen (secondary N) is 1. The van der Waals surface area contributed by atoms with Crippen molar-refractivity contribution in [1.82, 2.24) is 5.32 Å². The maximum atomic E-state index is 12.1. The average Bonchev–Trinajstić information content (AvgIpc) is 2.49. The van der Waals surface area contributed by atoms with Gasteiger partial charge in [0.05, 0.1) is 4.92 Å². The number of nitrogens with zero attached hydrogens (tertiary/aromatic N) is 1. The van der Waals surface area contributed by atoms with E-state index in [4.69, 9.17) is 4.74 Å². The maximum absolute atomic E-state index is 12.1. The minimum absolute atomic E-state index is 0.542. The van der Waals surface area contributed by atoms with Crippen molar-refractivity contribution < 1.29 is 14.5 Å². The second-order valence-corrected chi connectivity index (χ2v) is 10.3. The van der Waals surface area contributed by atoms with Gasteiger partial charge in [0.2, 0.25) is 0 Å². The molecule has 25 heavy (non-hydrogen) atoms. The summed E-state index contributed by atoms with van der Waals surface area (Å²) >= 11 is 6.13. The molecular formula is C17H24Br2N2O4. The molecule has 0 aliphatic rings. The summed E-state index contributed by atoms with van der Waals surface area (Å²) in [6.07, 6.45) is 2.40. The van der Waals surface area contributed by atoms with Crippen molar-refractivity contribution in [1.29, 1.82) is 0 Å². The molecule has 140 valence electrons. The number of nitro groups is 1. The zero-order chi connectivity index (χ0) is 19.3. The van der Waals surface area contributed by atoms with Crippen LogP contribution in [0, 0.1) is 10.1 Å². The van der Waals surface area contributed by atoms with E-state index in [2.05, 4.69) is 44.1 Å². The summed E-state index contributed by atoms with van der Waals surface area (Å²) in [4.78, 5) is 23.0. The Balaban J connectivity index is 3.06. The van der Waals surface area contributed by atoms with Crippen molar-refractivity contribution in [3.63, 3.8) is 0 Å². The van der Waals surface area contributed by atoms with Gasteiger partial charge >= 0.3 is 9.45 Å². The maximum Gasteiger partial charge on any atom is 0.408 e. The minimum atomic E-state index is -1.75. The van der Waals surface area contributed by atoms with Gasteiger partial charge < -0.3 is 10.1 Å². The first-order chi connectivity index (χ1) is 11.5. The molecule has 1 aromatic rings. The minimum Gasteiger partial charge on any atom is -0.444 e. The predicted octanol–water partition coefficient (Wildman–Crippen LogP) is 5.32. The van der Waals surface area contributed by atoms with Crippen molar-refractivity contribution in [2.24, 2.45) is 0 Å². The van der Waals surface area contributed by atoms with Gasteiger partial charge in [0, 0.05) is 31.9 Å². The second kappa shape index (κ2) is 8.98. The average molecular weight is 480 g/mol. The Morgan fingerprint density at radius 3 is 2.28 bits per heavy atom. The number of ether oxygens (including phenoxy) is 1. The number of carbonyl (C=O) groups excluding carboxylic acids is 1. The normalized spacial score (nSPS) is 13.2. The number of alkyl carbamates (subject to hydrolysis) is 1. The van der Waals surface area contributed by atoms with E-state index in [1.807, 2.05) is 12.1 Å². The summed E-state index contributed by atoms with van der Waals surface area (Å²) < 4.78 is 3.48. The predicted molar refractivity (Wildman–Crippen MR) is 105 cm³/mol. The Labute approximate surface area is 165 Å². The van der Waals surface area contributed by atoms with Crippen molar-refractivity contribution in [2.75, 3.05) is 0 Å². The van der Waals surface area contributed by atoms with Crippen LogP contribution in [0.3, 0.4) is 0 Å². The van der Waals surface area contributed by atoms with Crippen LogP contribution in [0.4, 0.5) is 4.79 Å². The molecule has 0 aliphatic heterocycles. The van der Waals surface area contributed by atoms with E-state index in [1.54, 1.807) is 32.9 Å². The number of alkyl halides is 2. The van der Waals surface area contributed by atoms with E-state index >= 15 is 0 Å². The van der Waals surface area contributed by atoms with Gasteiger partial charge in [-0.25, -0.2) is 4.79 Å². The van der Waals surface area contributed by atoms with Gasteiger partial charge in [0.25, 0.3) is 0 Å². The van der Waals surface area contributed by atoms with E-state index in [0.29, 0.717) is 5.56 Å². The molecule has 0 bridgehead atoms. The topological polar surface area (TPSA) is 81.5 Å². The number of hydrogen-bond acceptors (Lipinski definition) is 4. The van der Waals surface area contributed by atoms with Crippen LogP contribution >= 0.6 is 31.9 Å². The quantitative estimate of drug-likeness (QED) is 0.248. The summed E-state index contributed by atoms with van der Waals surface area (Å²) in [6.45, 7) is 7.31. The molecule has 1 unspecified atom stereocenters. The highest BCUT2D eigenvalue weighted by Crippen LogP contribution is 2.40. The van der Waals surface area contributed by atoms with Gasteiger partial charge in [0.1, 0.15) is 11.6 Å². The fourth-order valence-electron chi connectivity index (χ4n) is 2.16. The van der Waals surface area contributed by atoms with Crippen LogP contribution in [0.5, 0.6) is 0 Å². The first-order valence-electron chi connectivity index (χ1n) is 8.08. The summed E-state index contributed by atoms with van der Waals surface area (Å²) in [5, 5.41) is 14.0. The zero-order valence-electron chi connectivity index (χ0n) is 14.8. The van der Waals surface area contributed by atoms with E-state index in [-0.39, 0.29) is 0 Å². The zero-order valence-corrected chi connectivity index (χ0v) is 18.0. The van der Waals surface area contributed by atoms with Crippen LogP contribution in [0.2, 0.25) is 0 Å². The number of hydrogen-bond donors (Lipinski definition) is 1. The first kappa shape index (κ1) is 21.9. The molecule has 0 fully saturated rings. The van der Waals surface area contributed by atoms with Crippen LogP contribution in [0.25, 0.3) is 0 Å². The number of unbranched alkanes of at least 4 members (excludes halogenated alkanes) is 1. The molecule has 0 spiro atoms. The highest BCUT2D eigenvalue weighted by Gasteiger charge is 2.48. The lowest BCUT2D eigenvalue weighted by Gasteiger charge is -2.27. The first-order valence-corrected chi connectivity index (χ1v) is 9.66. The Morgan fingerprint density at radius 1 is 1.28 bits per heavy atom. The second-order valence-electron chi connectivity index (χ2n) is 6.77. The molecule has 8 heteroatoms. The lowest BCUT2D eigenvalue weighted by atomic mass is 10.0. The Hall–Kier alpha value is -1.15. The van der Waals surface area contributed by atoms with E-state index in [9.17, 15) is 14.9 Å². The molecular weight excluding hydrogens is 456 g/mol.